The van der Waals surface area contributed by atoms with Gasteiger partial charge in [0.25, 0.3) is 11.8 Å². The Bertz CT molecular complexity index is 1030. The molecule has 0 saturated carbocycles. The first-order valence-corrected chi connectivity index (χ1v) is 10.8. The Labute approximate surface area is 183 Å². The molecule has 6 nitrogen and oxygen atoms in total. The number of nitrogens with zero attached hydrogens (tertiary/aromatic N) is 3. The van der Waals surface area contributed by atoms with E-state index < -0.39 is 0 Å². The Hall–Kier alpha value is -3.28. The van der Waals surface area contributed by atoms with Crippen molar-refractivity contribution >= 4 is 23.1 Å². The maximum Gasteiger partial charge on any atom is 0.277 e. The van der Waals surface area contributed by atoms with Gasteiger partial charge in [-0.3, -0.25) is 14.5 Å². The van der Waals surface area contributed by atoms with Gasteiger partial charge in [0, 0.05) is 38.4 Å². The maximum atomic E-state index is 13.2. The normalized spacial score (nSPS) is 17.1. The van der Waals surface area contributed by atoms with Crippen molar-refractivity contribution < 1.29 is 14.3 Å². The van der Waals surface area contributed by atoms with E-state index in [0.29, 0.717) is 30.9 Å². The molecule has 162 valence electrons. The second-order valence-corrected chi connectivity index (χ2v) is 8.00. The van der Waals surface area contributed by atoms with E-state index in [4.69, 9.17) is 4.74 Å². The van der Waals surface area contributed by atoms with Gasteiger partial charge >= 0.3 is 0 Å². The van der Waals surface area contributed by atoms with E-state index in [2.05, 4.69) is 41.8 Å². The van der Waals surface area contributed by atoms with Crippen molar-refractivity contribution in [3.05, 3.63) is 64.9 Å². The summed E-state index contributed by atoms with van der Waals surface area (Å²) < 4.78 is 5.24. The molecule has 0 aliphatic carbocycles. The van der Waals surface area contributed by atoms with Crippen molar-refractivity contribution in [3.63, 3.8) is 0 Å². The van der Waals surface area contributed by atoms with Crippen LogP contribution in [0.2, 0.25) is 0 Å². The molecule has 2 aliphatic rings. The zero-order chi connectivity index (χ0) is 22.1. The summed E-state index contributed by atoms with van der Waals surface area (Å²) in [6, 6.07) is 13.7. The zero-order valence-electron chi connectivity index (χ0n) is 18.6. The third-order valence-electron chi connectivity index (χ3n) is 6.35. The van der Waals surface area contributed by atoms with Crippen LogP contribution in [0.15, 0.2) is 48.2 Å². The van der Waals surface area contributed by atoms with E-state index in [9.17, 15) is 9.59 Å². The molecule has 0 unspecified atom stereocenters. The van der Waals surface area contributed by atoms with Crippen LogP contribution in [0.25, 0.3) is 5.57 Å². The summed E-state index contributed by atoms with van der Waals surface area (Å²) in [5, 5.41) is 0. The first-order chi connectivity index (χ1) is 15.0. The fourth-order valence-electron chi connectivity index (χ4n) is 4.41. The first kappa shape index (κ1) is 21.0. The van der Waals surface area contributed by atoms with Gasteiger partial charge in [-0.05, 0) is 55.7 Å². The zero-order valence-corrected chi connectivity index (χ0v) is 18.6. The molecule has 2 heterocycles. The topological polar surface area (TPSA) is 53.1 Å². The summed E-state index contributed by atoms with van der Waals surface area (Å²) in [5.74, 6) is 0.306. The standard InChI is InChI=1S/C25H29N3O3/c1-5-28-24(29)22(19-9-11-20(31-4)12-10-19)23(25(28)30)27-15-13-26(14-16-27)21-8-6-7-17(2)18(21)3/h6-12H,5,13-16H2,1-4H3. The summed E-state index contributed by atoms with van der Waals surface area (Å²) in [5.41, 5.74) is 5.58. The molecule has 0 radical (unpaired) electrons. The average molecular weight is 420 g/mol. The molecule has 6 heteroatoms. The number of aryl methyl sites for hydroxylation is 1. The lowest BCUT2D eigenvalue weighted by Crippen LogP contribution is -2.47. The van der Waals surface area contributed by atoms with E-state index in [0.717, 1.165) is 24.4 Å². The second kappa shape index (κ2) is 8.46. The number of hydrogen-bond donors (Lipinski definition) is 0. The van der Waals surface area contributed by atoms with Gasteiger partial charge in [0.2, 0.25) is 0 Å². The molecule has 0 aromatic heterocycles. The van der Waals surface area contributed by atoms with E-state index in [-0.39, 0.29) is 11.8 Å². The van der Waals surface area contributed by atoms with E-state index in [1.165, 1.54) is 21.7 Å². The Balaban J connectivity index is 1.64. The quantitative estimate of drug-likeness (QED) is 0.697. The molecule has 1 saturated heterocycles. The van der Waals surface area contributed by atoms with Crippen LogP contribution in [0.1, 0.15) is 23.6 Å². The average Bonchev–Trinajstić information content (AvgIpc) is 3.05. The molecule has 2 aromatic rings. The minimum absolute atomic E-state index is 0.196. The van der Waals surface area contributed by atoms with Crippen molar-refractivity contribution in [3.8, 4) is 5.75 Å². The van der Waals surface area contributed by atoms with Crippen molar-refractivity contribution in [2.45, 2.75) is 20.8 Å². The minimum Gasteiger partial charge on any atom is -0.497 e. The number of anilines is 1. The number of carbonyl (C=O) groups excluding carboxylic acids is 2. The Morgan fingerprint density at radius 2 is 1.52 bits per heavy atom. The smallest absolute Gasteiger partial charge is 0.277 e. The van der Waals surface area contributed by atoms with Gasteiger partial charge in [-0.2, -0.15) is 0 Å². The van der Waals surface area contributed by atoms with Gasteiger partial charge in [-0.15, -0.1) is 0 Å². The Morgan fingerprint density at radius 1 is 0.871 bits per heavy atom. The second-order valence-electron chi connectivity index (χ2n) is 8.00. The van der Waals surface area contributed by atoms with Gasteiger partial charge in [0.1, 0.15) is 11.4 Å². The van der Waals surface area contributed by atoms with Crippen LogP contribution in [-0.2, 0) is 9.59 Å². The van der Waals surface area contributed by atoms with Gasteiger partial charge < -0.3 is 14.5 Å². The molecule has 0 atom stereocenters. The molecule has 0 spiro atoms. The maximum absolute atomic E-state index is 13.2. The number of imide groups is 1. The molecule has 2 aliphatic heterocycles. The lowest BCUT2D eigenvalue weighted by atomic mass is 10.0. The number of benzene rings is 2. The lowest BCUT2D eigenvalue weighted by Gasteiger charge is -2.38. The third kappa shape index (κ3) is 3.67. The Morgan fingerprint density at radius 3 is 2.13 bits per heavy atom. The SMILES string of the molecule is CCN1C(=O)C(c2ccc(OC)cc2)=C(N2CCN(c3cccc(C)c3C)CC2)C1=O. The highest BCUT2D eigenvalue weighted by Gasteiger charge is 2.41. The fraction of sp³-hybridized carbons (Fsp3) is 0.360. The molecular formula is C25H29N3O3. The van der Waals surface area contributed by atoms with Crippen molar-refractivity contribution in [1.29, 1.82) is 0 Å². The largest absolute Gasteiger partial charge is 0.497 e. The van der Waals surface area contributed by atoms with Crippen LogP contribution < -0.4 is 9.64 Å². The van der Waals surface area contributed by atoms with Crippen molar-refractivity contribution in [2.24, 2.45) is 0 Å². The van der Waals surface area contributed by atoms with Crippen LogP contribution in [0.5, 0.6) is 5.75 Å². The summed E-state index contributed by atoms with van der Waals surface area (Å²) in [6.45, 7) is 9.47. The molecule has 2 amide bonds. The highest BCUT2D eigenvalue weighted by Crippen LogP contribution is 2.33. The van der Waals surface area contributed by atoms with Crippen LogP contribution in [0.4, 0.5) is 5.69 Å². The monoisotopic (exact) mass is 419 g/mol. The van der Waals surface area contributed by atoms with Crippen molar-refractivity contribution in [2.75, 3.05) is 44.7 Å². The predicted octanol–water partition coefficient (Wildman–Crippen LogP) is 3.23. The fourth-order valence-corrected chi connectivity index (χ4v) is 4.41. The van der Waals surface area contributed by atoms with Crippen molar-refractivity contribution in [1.82, 2.24) is 9.80 Å². The lowest BCUT2D eigenvalue weighted by molar-refractivity contribution is -0.137. The molecule has 4 rings (SSSR count). The first-order valence-electron chi connectivity index (χ1n) is 10.8. The number of methoxy groups -OCH3 is 1. The summed E-state index contributed by atoms with van der Waals surface area (Å²) in [4.78, 5) is 32.1. The van der Waals surface area contributed by atoms with Gasteiger partial charge in [0.15, 0.2) is 0 Å². The van der Waals surface area contributed by atoms with E-state index in [1.807, 2.05) is 31.2 Å². The number of likely N-dealkylation sites (N-methyl/N-ethyl adjacent to an activating group) is 1. The van der Waals surface area contributed by atoms with E-state index in [1.54, 1.807) is 7.11 Å². The number of piperazine rings is 1. The van der Waals surface area contributed by atoms with Gasteiger partial charge in [0.05, 0.1) is 12.7 Å². The molecule has 31 heavy (non-hydrogen) atoms. The molecular weight excluding hydrogens is 390 g/mol. The molecule has 2 aromatic carbocycles. The number of rotatable bonds is 5. The minimum atomic E-state index is -0.218. The summed E-state index contributed by atoms with van der Waals surface area (Å²) in [6.07, 6.45) is 0. The summed E-state index contributed by atoms with van der Waals surface area (Å²) in [7, 11) is 1.61. The molecule has 0 bridgehead atoms. The van der Waals surface area contributed by atoms with Crippen LogP contribution in [0, 0.1) is 13.8 Å². The third-order valence-corrected chi connectivity index (χ3v) is 6.35. The molecule has 0 N–H and O–H groups in total. The number of carbonyl (C=O) groups is 2. The highest BCUT2D eigenvalue weighted by atomic mass is 16.5. The van der Waals surface area contributed by atoms with E-state index >= 15 is 0 Å². The van der Waals surface area contributed by atoms with Crippen LogP contribution >= 0.6 is 0 Å². The van der Waals surface area contributed by atoms with Crippen LogP contribution in [0.3, 0.4) is 0 Å². The van der Waals surface area contributed by atoms with Crippen LogP contribution in [-0.4, -0.2) is 61.4 Å². The predicted molar refractivity (Wildman–Crippen MR) is 122 cm³/mol. The Kier molecular flexibility index (Phi) is 5.72. The summed E-state index contributed by atoms with van der Waals surface area (Å²) >= 11 is 0. The van der Waals surface area contributed by atoms with Gasteiger partial charge in [-0.25, -0.2) is 0 Å². The number of hydrogen-bond acceptors (Lipinski definition) is 5. The molecule has 1 fully saturated rings. The number of amides is 2. The van der Waals surface area contributed by atoms with Gasteiger partial charge in [-0.1, -0.05) is 24.3 Å². The highest BCUT2D eigenvalue weighted by molar-refractivity contribution is 6.35. The number of ether oxygens (including phenoxy) is 1.